The summed E-state index contributed by atoms with van der Waals surface area (Å²) in [5, 5.41) is 7.72. The molecule has 6 nitrogen and oxygen atoms in total. The van der Waals surface area contributed by atoms with E-state index in [0.717, 1.165) is 16.7 Å². The Labute approximate surface area is 112 Å². The summed E-state index contributed by atoms with van der Waals surface area (Å²) in [5.41, 5.74) is 18.8. The smallest absolute Gasteiger partial charge is 0.0687 e. The van der Waals surface area contributed by atoms with E-state index in [2.05, 4.69) is 20.1 Å². The first-order chi connectivity index (χ1) is 8.76. The molecule has 0 radical (unpaired) electrons. The molecule has 0 fully saturated rings. The minimum absolute atomic E-state index is 0.696. The van der Waals surface area contributed by atoms with Gasteiger partial charge in [-0.2, -0.15) is 0 Å². The molecule has 0 saturated heterocycles. The van der Waals surface area contributed by atoms with Crippen molar-refractivity contribution in [3.63, 3.8) is 0 Å². The maximum absolute atomic E-state index is 8.73. The van der Waals surface area contributed by atoms with E-state index < -0.39 is 11.1 Å². The topological polar surface area (TPSA) is 97.5 Å². The number of hydrogen-bond donors (Lipinski definition) is 0. The lowest BCUT2D eigenvalue weighted by Gasteiger charge is -2.30. The van der Waals surface area contributed by atoms with Crippen molar-refractivity contribution in [2.45, 2.75) is 45.7 Å². The highest BCUT2D eigenvalue weighted by molar-refractivity contribution is 5.43. The van der Waals surface area contributed by atoms with E-state index in [1.807, 2.05) is 52.8 Å². The second-order valence-electron chi connectivity index (χ2n) is 5.49. The van der Waals surface area contributed by atoms with Crippen molar-refractivity contribution in [2.24, 2.45) is 10.2 Å². The first-order valence-electron chi connectivity index (χ1n) is 5.99. The molecular weight excluding hydrogens is 240 g/mol. The Morgan fingerprint density at radius 3 is 2.00 bits per heavy atom. The fraction of sp³-hybridized carbons (Fsp3) is 0.538. The van der Waals surface area contributed by atoms with Crippen LogP contribution in [0.4, 0.5) is 0 Å². The maximum atomic E-state index is 8.73. The molecule has 1 aromatic carbocycles. The molecule has 0 bridgehead atoms. The molecule has 0 unspecified atom stereocenters. The van der Waals surface area contributed by atoms with E-state index in [1.54, 1.807) is 0 Å². The van der Waals surface area contributed by atoms with E-state index in [0.29, 0.717) is 0 Å². The van der Waals surface area contributed by atoms with Gasteiger partial charge in [0.25, 0.3) is 0 Å². The van der Waals surface area contributed by atoms with E-state index >= 15 is 0 Å². The molecule has 19 heavy (non-hydrogen) atoms. The van der Waals surface area contributed by atoms with Gasteiger partial charge in [0, 0.05) is 9.82 Å². The largest absolute Gasteiger partial charge is 0.0831 e. The number of nitrogens with zero attached hydrogens (tertiary/aromatic N) is 6. The minimum atomic E-state index is -0.697. The van der Waals surface area contributed by atoms with Crippen molar-refractivity contribution < 1.29 is 0 Å². The average Bonchev–Trinajstić information content (AvgIpc) is 2.28. The lowest BCUT2D eigenvalue weighted by Crippen LogP contribution is -2.24. The zero-order chi connectivity index (χ0) is 14.7. The summed E-state index contributed by atoms with van der Waals surface area (Å²) in [5.74, 6) is 0. The highest BCUT2D eigenvalue weighted by atomic mass is 15.2. The number of rotatable bonds is 4. The highest BCUT2D eigenvalue weighted by Gasteiger charge is 2.30. The van der Waals surface area contributed by atoms with Crippen LogP contribution in [0.2, 0.25) is 0 Å². The summed E-state index contributed by atoms with van der Waals surface area (Å²) in [6.45, 7) is 9.35. The van der Waals surface area contributed by atoms with Gasteiger partial charge in [0.2, 0.25) is 0 Å². The van der Waals surface area contributed by atoms with Crippen molar-refractivity contribution in [1.82, 2.24) is 0 Å². The van der Waals surface area contributed by atoms with Crippen LogP contribution in [0.25, 0.3) is 20.9 Å². The number of hydrogen-bond acceptors (Lipinski definition) is 2. The van der Waals surface area contributed by atoms with Crippen molar-refractivity contribution in [3.05, 3.63) is 55.8 Å². The predicted molar refractivity (Wildman–Crippen MR) is 75.5 cm³/mol. The van der Waals surface area contributed by atoms with Crippen LogP contribution in [-0.2, 0) is 11.1 Å². The molecule has 0 atom stereocenters. The van der Waals surface area contributed by atoms with E-state index in [-0.39, 0.29) is 0 Å². The number of aryl methyl sites for hydroxylation is 1. The van der Waals surface area contributed by atoms with Gasteiger partial charge in [-0.25, -0.2) is 0 Å². The summed E-state index contributed by atoms with van der Waals surface area (Å²) in [7, 11) is 0. The van der Waals surface area contributed by atoms with Crippen LogP contribution >= 0.6 is 0 Å². The lowest BCUT2D eigenvalue weighted by atomic mass is 9.80. The fourth-order valence-electron chi connectivity index (χ4n) is 2.32. The van der Waals surface area contributed by atoms with Gasteiger partial charge in [-0.3, -0.25) is 0 Å². The van der Waals surface area contributed by atoms with Gasteiger partial charge < -0.3 is 0 Å². The molecule has 1 aromatic rings. The maximum Gasteiger partial charge on any atom is 0.0687 e. The standard InChI is InChI=1S/C13H18N6/c1-9-7-6-8-10(12(2,3)16-18-14)11(9)13(4,5)17-19-15/h6-8H,1-5H3. The second-order valence-corrected chi connectivity index (χ2v) is 5.49. The lowest BCUT2D eigenvalue weighted by molar-refractivity contribution is 0.492. The summed E-state index contributed by atoms with van der Waals surface area (Å²) < 4.78 is 0. The first kappa shape index (κ1) is 14.9. The van der Waals surface area contributed by atoms with Gasteiger partial charge in [-0.05, 0) is 34.7 Å². The molecule has 0 aliphatic carbocycles. The summed E-state index contributed by atoms with van der Waals surface area (Å²) in [4.78, 5) is 5.82. The molecule has 100 valence electrons. The van der Waals surface area contributed by atoms with E-state index in [4.69, 9.17) is 11.1 Å². The van der Waals surface area contributed by atoms with Crippen molar-refractivity contribution in [3.8, 4) is 0 Å². The van der Waals surface area contributed by atoms with Gasteiger partial charge in [0.05, 0.1) is 11.1 Å². The molecule has 0 saturated carbocycles. The summed E-state index contributed by atoms with van der Waals surface area (Å²) >= 11 is 0. The molecule has 1 rings (SSSR count). The van der Waals surface area contributed by atoms with E-state index in [1.165, 1.54) is 0 Å². The zero-order valence-corrected chi connectivity index (χ0v) is 11.9. The Kier molecular flexibility index (Phi) is 4.10. The quantitative estimate of drug-likeness (QED) is 0.408. The van der Waals surface area contributed by atoms with Crippen molar-refractivity contribution in [1.29, 1.82) is 0 Å². The van der Waals surface area contributed by atoms with Gasteiger partial charge in [0.15, 0.2) is 0 Å². The van der Waals surface area contributed by atoms with Gasteiger partial charge in [-0.1, -0.05) is 56.1 Å². The first-order valence-corrected chi connectivity index (χ1v) is 5.99. The molecule has 0 spiro atoms. The Morgan fingerprint density at radius 2 is 1.47 bits per heavy atom. The van der Waals surface area contributed by atoms with Crippen LogP contribution in [0.5, 0.6) is 0 Å². The Balaban J connectivity index is 3.65. The molecule has 0 amide bonds. The van der Waals surface area contributed by atoms with Crippen LogP contribution in [0, 0.1) is 6.92 Å². The number of benzene rings is 1. The third-order valence-corrected chi connectivity index (χ3v) is 3.13. The molecular formula is C13H18N6. The molecule has 6 heteroatoms. The summed E-state index contributed by atoms with van der Waals surface area (Å²) in [6.07, 6.45) is 0. The van der Waals surface area contributed by atoms with Gasteiger partial charge in [0.1, 0.15) is 0 Å². The Bertz CT molecular complexity index is 575. The van der Waals surface area contributed by atoms with Crippen LogP contribution < -0.4 is 0 Å². The van der Waals surface area contributed by atoms with Crippen LogP contribution in [-0.4, -0.2) is 0 Å². The van der Waals surface area contributed by atoms with Crippen LogP contribution in [0.1, 0.15) is 44.4 Å². The Hall–Kier alpha value is -2.16. The average molecular weight is 258 g/mol. The van der Waals surface area contributed by atoms with Gasteiger partial charge >= 0.3 is 0 Å². The van der Waals surface area contributed by atoms with Gasteiger partial charge in [-0.15, -0.1) is 0 Å². The highest BCUT2D eigenvalue weighted by Crippen LogP contribution is 2.38. The van der Waals surface area contributed by atoms with Crippen LogP contribution in [0.15, 0.2) is 28.4 Å². The molecule has 0 aromatic heterocycles. The SMILES string of the molecule is Cc1cccc(C(C)(C)N=[N+]=[N-])c1C(C)(C)N=[N+]=[N-]. The van der Waals surface area contributed by atoms with Crippen molar-refractivity contribution >= 4 is 0 Å². The third-order valence-electron chi connectivity index (χ3n) is 3.13. The van der Waals surface area contributed by atoms with E-state index in [9.17, 15) is 0 Å². The fourth-order valence-corrected chi connectivity index (χ4v) is 2.32. The molecule has 0 aliphatic heterocycles. The normalized spacial score (nSPS) is 11.4. The molecule has 0 aliphatic rings. The third kappa shape index (κ3) is 2.99. The van der Waals surface area contributed by atoms with Crippen LogP contribution in [0.3, 0.4) is 0 Å². The molecule has 0 heterocycles. The minimum Gasteiger partial charge on any atom is -0.0831 e. The zero-order valence-electron chi connectivity index (χ0n) is 11.9. The molecule has 0 N–H and O–H groups in total. The van der Waals surface area contributed by atoms with Crippen molar-refractivity contribution in [2.75, 3.05) is 0 Å². The number of azide groups is 2. The predicted octanol–water partition coefficient (Wildman–Crippen LogP) is 5.09. The monoisotopic (exact) mass is 258 g/mol. The Morgan fingerprint density at radius 1 is 0.947 bits per heavy atom. The second kappa shape index (κ2) is 5.22. The summed E-state index contributed by atoms with van der Waals surface area (Å²) in [6, 6.07) is 5.78.